The smallest absolute Gasteiger partial charge is 0.243 e. The van der Waals surface area contributed by atoms with Gasteiger partial charge in [-0.25, -0.2) is 8.42 Å². The highest BCUT2D eigenvalue weighted by atomic mass is 32.2. The third kappa shape index (κ3) is 2.75. The highest BCUT2D eigenvalue weighted by Crippen LogP contribution is 2.38. The largest absolute Gasteiger partial charge is 0.326 e. The number of nitrogens with two attached hydrogens (primary N) is 1. The van der Waals surface area contributed by atoms with Crippen LogP contribution in [0.25, 0.3) is 0 Å². The van der Waals surface area contributed by atoms with Crippen molar-refractivity contribution in [3.05, 3.63) is 29.3 Å². The van der Waals surface area contributed by atoms with E-state index in [1.807, 2.05) is 19.1 Å². The van der Waals surface area contributed by atoms with E-state index in [4.69, 9.17) is 5.73 Å². The van der Waals surface area contributed by atoms with Gasteiger partial charge in [0.15, 0.2) is 0 Å². The maximum absolute atomic E-state index is 13.0. The van der Waals surface area contributed by atoms with Crippen LogP contribution in [-0.2, 0) is 16.6 Å². The van der Waals surface area contributed by atoms with Gasteiger partial charge in [-0.2, -0.15) is 4.31 Å². The molecule has 0 unspecified atom stereocenters. The molecule has 1 aromatic rings. The standard InChI is InChI=1S/C15H22N2O2S/c1-11-2-3-13(9-16)8-15(11)20(18,19)17(14-6-7-14)10-12-4-5-12/h2-3,8,12,14H,4-7,9-10,16H2,1H3. The van der Waals surface area contributed by atoms with Crippen LogP contribution >= 0.6 is 0 Å². The maximum Gasteiger partial charge on any atom is 0.243 e. The molecule has 1 aromatic carbocycles. The molecule has 3 rings (SSSR count). The second kappa shape index (κ2) is 5.13. The van der Waals surface area contributed by atoms with E-state index in [-0.39, 0.29) is 6.04 Å². The van der Waals surface area contributed by atoms with E-state index in [0.717, 1.165) is 24.0 Å². The topological polar surface area (TPSA) is 63.4 Å². The summed E-state index contributed by atoms with van der Waals surface area (Å²) in [5.41, 5.74) is 7.32. The molecule has 4 nitrogen and oxygen atoms in total. The minimum Gasteiger partial charge on any atom is -0.326 e. The predicted molar refractivity (Wildman–Crippen MR) is 78.7 cm³/mol. The van der Waals surface area contributed by atoms with Crippen molar-refractivity contribution in [2.24, 2.45) is 11.7 Å². The Morgan fingerprint density at radius 3 is 2.50 bits per heavy atom. The third-order valence-electron chi connectivity index (χ3n) is 4.16. The highest BCUT2D eigenvalue weighted by Gasteiger charge is 2.41. The van der Waals surface area contributed by atoms with Crippen molar-refractivity contribution in [1.82, 2.24) is 4.31 Å². The van der Waals surface area contributed by atoms with Crippen molar-refractivity contribution in [2.45, 2.75) is 50.1 Å². The van der Waals surface area contributed by atoms with Crippen molar-refractivity contribution in [3.63, 3.8) is 0 Å². The van der Waals surface area contributed by atoms with Crippen molar-refractivity contribution in [2.75, 3.05) is 6.54 Å². The first-order valence-electron chi connectivity index (χ1n) is 7.34. The fourth-order valence-electron chi connectivity index (χ4n) is 2.54. The maximum atomic E-state index is 13.0. The van der Waals surface area contributed by atoms with E-state index in [1.54, 1.807) is 10.4 Å². The molecule has 20 heavy (non-hydrogen) atoms. The summed E-state index contributed by atoms with van der Waals surface area (Å²) in [5, 5.41) is 0. The summed E-state index contributed by atoms with van der Waals surface area (Å²) in [6.07, 6.45) is 4.34. The van der Waals surface area contributed by atoms with Crippen LogP contribution in [0.2, 0.25) is 0 Å². The van der Waals surface area contributed by atoms with Gasteiger partial charge in [0.05, 0.1) is 4.90 Å². The number of benzene rings is 1. The molecular weight excluding hydrogens is 272 g/mol. The van der Waals surface area contributed by atoms with E-state index in [2.05, 4.69) is 0 Å². The third-order valence-corrected chi connectivity index (χ3v) is 6.22. The lowest BCUT2D eigenvalue weighted by Crippen LogP contribution is -2.35. The lowest BCUT2D eigenvalue weighted by atomic mass is 10.1. The van der Waals surface area contributed by atoms with E-state index in [1.165, 1.54) is 12.8 Å². The minimum atomic E-state index is -3.38. The zero-order chi connectivity index (χ0) is 14.3. The van der Waals surface area contributed by atoms with Gasteiger partial charge in [0, 0.05) is 19.1 Å². The number of hydrogen-bond donors (Lipinski definition) is 1. The van der Waals surface area contributed by atoms with Crippen LogP contribution in [0.5, 0.6) is 0 Å². The first-order chi connectivity index (χ1) is 9.52. The first kappa shape index (κ1) is 14.0. The Hall–Kier alpha value is -0.910. The average Bonchev–Trinajstić information content (AvgIpc) is 3.28. The molecule has 0 amide bonds. The molecule has 2 aliphatic carbocycles. The van der Waals surface area contributed by atoms with Crippen LogP contribution < -0.4 is 5.73 Å². The predicted octanol–water partition coefficient (Wildman–Crippen LogP) is 2.02. The van der Waals surface area contributed by atoms with E-state index in [0.29, 0.717) is 23.9 Å². The molecule has 0 atom stereocenters. The Morgan fingerprint density at radius 1 is 1.25 bits per heavy atom. The van der Waals surface area contributed by atoms with Crippen LogP contribution in [0, 0.1) is 12.8 Å². The molecule has 0 spiro atoms. The van der Waals surface area contributed by atoms with Gasteiger partial charge in [-0.05, 0) is 55.7 Å². The number of nitrogens with zero attached hydrogens (tertiary/aromatic N) is 1. The number of sulfonamides is 1. The zero-order valence-corrected chi connectivity index (χ0v) is 12.7. The Balaban J connectivity index is 1.96. The molecule has 110 valence electrons. The summed E-state index contributed by atoms with van der Waals surface area (Å²) in [5.74, 6) is 0.573. The summed E-state index contributed by atoms with van der Waals surface area (Å²) in [4.78, 5) is 0.438. The Morgan fingerprint density at radius 2 is 1.95 bits per heavy atom. The van der Waals surface area contributed by atoms with Crippen LogP contribution in [0.15, 0.2) is 23.1 Å². The van der Waals surface area contributed by atoms with E-state index in [9.17, 15) is 8.42 Å². The molecule has 5 heteroatoms. The second-order valence-corrected chi connectivity index (χ2v) is 7.91. The van der Waals surface area contributed by atoms with Gasteiger partial charge in [-0.1, -0.05) is 12.1 Å². The van der Waals surface area contributed by atoms with Crippen LogP contribution in [-0.4, -0.2) is 25.3 Å². The van der Waals surface area contributed by atoms with Gasteiger partial charge >= 0.3 is 0 Å². The Kier molecular flexibility index (Phi) is 3.60. The molecule has 2 saturated carbocycles. The molecule has 2 N–H and O–H groups in total. The monoisotopic (exact) mass is 294 g/mol. The molecule has 0 aliphatic heterocycles. The van der Waals surface area contributed by atoms with Crippen LogP contribution in [0.4, 0.5) is 0 Å². The molecule has 0 radical (unpaired) electrons. The van der Waals surface area contributed by atoms with Gasteiger partial charge in [0.25, 0.3) is 0 Å². The van der Waals surface area contributed by atoms with Crippen molar-refractivity contribution in [1.29, 1.82) is 0 Å². The Bertz CT molecular complexity index is 604. The molecule has 2 fully saturated rings. The zero-order valence-electron chi connectivity index (χ0n) is 11.9. The Labute approximate surface area is 121 Å². The molecular formula is C15H22N2O2S. The van der Waals surface area contributed by atoms with Gasteiger partial charge in [0.1, 0.15) is 0 Å². The van der Waals surface area contributed by atoms with Crippen LogP contribution in [0.3, 0.4) is 0 Å². The normalized spacial score (nSPS) is 19.6. The summed E-state index contributed by atoms with van der Waals surface area (Å²) >= 11 is 0. The SMILES string of the molecule is Cc1ccc(CN)cc1S(=O)(=O)N(CC1CC1)C1CC1. The lowest BCUT2D eigenvalue weighted by Gasteiger charge is -2.23. The molecule has 0 heterocycles. The first-order valence-corrected chi connectivity index (χ1v) is 8.78. The summed E-state index contributed by atoms with van der Waals surface area (Å²) in [7, 11) is -3.38. The van der Waals surface area contributed by atoms with Gasteiger partial charge < -0.3 is 5.73 Å². The molecule has 2 aliphatic rings. The quantitative estimate of drug-likeness (QED) is 0.873. The highest BCUT2D eigenvalue weighted by molar-refractivity contribution is 7.89. The fourth-order valence-corrected chi connectivity index (χ4v) is 4.57. The van der Waals surface area contributed by atoms with Crippen LogP contribution in [0.1, 0.15) is 36.8 Å². The molecule has 0 saturated heterocycles. The van der Waals surface area contributed by atoms with Crippen molar-refractivity contribution >= 4 is 10.0 Å². The summed E-state index contributed by atoms with van der Waals surface area (Å²) in [6, 6.07) is 5.72. The summed E-state index contributed by atoms with van der Waals surface area (Å²) in [6.45, 7) is 2.92. The van der Waals surface area contributed by atoms with Crippen molar-refractivity contribution < 1.29 is 8.42 Å². The second-order valence-electron chi connectivity index (χ2n) is 6.05. The number of aryl methyl sites for hydroxylation is 1. The van der Waals surface area contributed by atoms with E-state index < -0.39 is 10.0 Å². The number of rotatable bonds is 6. The van der Waals surface area contributed by atoms with Gasteiger partial charge in [-0.3, -0.25) is 0 Å². The fraction of sp³-hybridized carbons (Fsp3) is 0.600. The van der Waals surface area contributed by atoms with Crippen molar-refractivity contribution in [3.8, 4) is 0 Å². The lowest BCUT2D eigenvalue weighted by molar-refractivity contribution is 0.388. The van der Waals surface area contributed by atoms with Gasteiger partial charge in [0.2, 0.25) is 10.0 Å². The molecule has 0 bridgehead atoms. The molecule has 0 aromatic heterocycles. The number of hydrogen-bond acceptors (Lipinski definition) is 3. The average molecular weight is 294 g/mol. The van der Waals surface area contributed by atoms with E-state index >= 15 is 0 Å². The van der Waals surface area contributed by atoms with Gasteiger partial charge in [-0.15, -0.1) is 0 Å². The minimum absolute atomic E-state index is 0.224. The summed E-state index contributed by atoms with van der Waals surface area (Å²) < 4.78 is 27.6.